The number of hydrogen-bond donors (Lipinski definition) is 1. The summed E-state index contributed by atoms with van der Waals surface area (Å²) < 4.78 is 6.84. The zero-order chi connectivity index (χ0) is 12.7. The van der Waals surface area contributed by atoms with E-state index < -0.39 is 0 Å². The molecule has 1 heterocycles. The van der Waals surface area contributed by atoms with Gasteiger partial charge in [-0.25, -0.2) is 0 Å². The average Bonchev–Trinajstić information content (AvgIpc) is 2.73. The minimum absolute atomic E-state index is 0.0273. The summed E-state index contributed by atoms with van der Waals surface area (Å²) in [5, 5.41) is 4.13. The summed E-state index contributed by atoms with van der Waals surface area (Å²) in [6.45, 7) is 6.91. The maximum atomic E-state index is 6.14. The second-order valence-corrected chi connectivity index (χ2v) is 4.09. The highest BCUT2D eigenvalue weighted by atomic mass is 16.5. The molecule has 0 amide bonds. The van der Waals surface area contributed by atoms with Crippen LogP contribution in [0.3, 0.4) is 0 Å². The number of hydrogen-bond acceptors (Lipinski definition) is 4. The average molecular weight is 238 g/mol. The van der Waals surface area contributed by atoms with Crippen LogP contribution in [0.25, 0.3) is 0 Å². The van der Waals surface area contributed by atoms with E-state index in [1.165, 1.54) is 0 Å². The van der Waals surface area contributed by atoms with Gasteiger partial charge in [-0.2, -0.15) is 5.10 Å². The lowest BCUT2D eigenvalue weighted by Crippen LogP contribution is -2.34. The molecule has 17 heavy (non-hydrogen) atoms. The first-order valence-corrected chi connectivity index (χ1v) is 5.73. The topological polar surface area (TPSA) is 56.3 Å². The molecule has 5 nitrogen and oxygen atoms in total. The molecule has 0 aliphatic carbocycles. The largest absolute Gasteiger partial charge is 0.383 e. The second-order valence-electron chi connectivity index (χ2n) is 4.09. The molecule has 5 heteroatoms. The number of aryl methyl sites for hydroxylation is 1. The number of methoxy groups -OCH3 is 1. The first-order valence-electron chi connectivity index (χ1n) is 5.73. The van der Waals surface area contributed by atoms with E-state index in [0.717, 1.165) is 25.2 Å². The van der Waals surface area contributed by atoms with Gasteiger partial charge in [0.2, 0.25) is 0 Å². The van der Waals surface area contributed by atoms with Crippen molar-refractivity contribution in [1.82, 2.24) is 14.7 Å². The van der Waals surface area contributed by atoms with Gasteiger partial charge < -0.3 is 10.5 Å². The molecule has 1 atom stereocenters. The Hall–Kier alpha value is -1.17. The highest BCUT2D eigenvalue weighted by molar-refractivity contribution is 5.10. The first-order chi connectivity index (χ1) is 8.17. The molecule has 0 spiro atoms. The molecule has 1 aromatic rings. The van der Waals surface area contributed by atoms with Crippen LogP contribution in [0.4, 0.5) is 0 Å². The van der Waals surface area contributed by atoms with Crippen molar-refractivity contribution >= 4 is 0 Å². The van der Waals surface area contributed by atoms with Gasteiger partial charge in [-0.05, 0) is 0 Å². The van der Waals surface area contributed by atoms with Crippen LogP contribution in [0.2, 0.25) is 0 Å². The van der Waals surface area contributed by atoms with Crippen molar-refractivity contribution < 1.29 is 4.74 Å². The van der Waals surface area contributed by atoms with E-state index in [4.69, 9.17) is 10.5 Å². The zero-order valence-electron chi connectivity index (χ0n) is 10.7. The van der Waals surface area contributed by atoms with Crippen LogP contribution in [0, 0.1) is 0 Å². The summed E-state index contributed by atoms with van der Waals surface area (Å²) in [7, 11) is 3.59. The van der Waals surface area contributed by atoms with Gasteiger partial charge >= 0.3 is 0 Å². The van der Waals surface area contributed by atoms with Crippen LogP contribution in [0.15, 0.2) is 25.0 Å². The maximum Gasteiger partial charge on any atom is 0.0589 e. The van der Waals surface area contributed by atoms with Crippen molar-refractivity contribution in [2.75, 3.05) is 33.4 Å². The van der Waals surface area contributed by atoms with Crippen LogP contribution in [0.5, 0.6) is 0 Å². The summed E-state index contributed by atoms with van der Waals surface area (Å²) >= 11 is 0. The molecule has 96 valence electrons. The molecule has 0 saturated heterocycles. The quantitative estimate of drug-likeness (QED) is 0.672. The van der Waals surface area contributed by atoms with E-state index in [1.54, 1.807) is 11.8 Å². The van der Waals surface area contributed by atoms with E-state index in [2.05, 4.69) is 16.6 Å². The standard InChI is InChI=1S/C12H22N4O/c1-4-5-16(6-7-17-3)10-12(13)11-8-14-15(2)9-11/h4,8-9,12H,1,5-7,10,13H2,2-3H3. The van der Waals surface area contributed by atoms with Gasteiger partial charge in [0.1, 0.15) is 0 Å². The number of nitrogens with zero attached hydrogens (tertiary/aromatic N) is 3. The van der Waals surface area contributed by atoms with Crippen LogP contribution < -0.4 is 5.73 Å². The van der Waals surface area contributed by atoms with Gasteiger partial charge in [0.25, 0.3) is 0 Å². The van der Waals surface area contributed by atoms with Crippen LogP contribution in [0.1, 0.15) is 11.6 Å². The molecule has 0 aromatic carbocycles. The fraction of sp³-hybridized carbons (Fsp3) is 0.583. The molecule has 0 saturated carbocycles. The highest BCUT2D eigenvalue weighted by Crippen LogP contribution is 2.10. The van der Waals surface area contributed by atoms with Crippen LogP contribution >= 0.6 is 0 Å². The summed E-state index contributed by atoms with van der Waals surface area (Å²) in [6, 6.07) is -0.0273. The Morgan fingerprint density at radius 3 is 3.00 bits per heavy atom. The number of ether oxygens (including phenoxy) is 1. The van der Waals surface area contributed by atoms with Gasteiger partial charge in [-0.3, -0.25) is 9.58 Å². The lowest BCUT2D eigenvalue weighted by Gasteiger charge is -2.23. The van der Waals surface area contributed by atoms with Crippen molar-refractivity contribution in [3.63, 3.8) is 0 Å². The molecular weight excluding hydrogens is 216 g/mol. The van der Waals surface area contributed by atoms with Gasteiger partial charge in [0.05, 0.1) is 12.8 Å². The normalized spacial score (nSPS) is 12.9. The Labute approximate surface area is 103 Å². The second kappa shape index (κ2) is 7.21. The van der Waals surface area contributed by atoms with Crippen LogP contribution in [-0.4, -0.2) is 48.0 Å². The Morgan fingerprint density at radius 1 is 1.71 bits per heavy atom. The van der Waals surface area contributed by atoms with Crippen molar-refractivity contribution in [2.24, 2.45) is 12.8 Å². The third-order valence-electron chi connectivity index (χ3n) is 2.61. The summed E-state index contributed by atoms with van der Waals surface area (Å²) in [6.07, 6.45) is 5.64. The molecule has 0 fully saturated rings. The van der Waals surface area contributed by atoms with E-state index in [9.17, 15) is 0 Å². The molecule has 0 bridgehead atoms. The molecular formula is C12H22N4O. The number of aromatic nitrogens is 2. The fourth-order valence-electron chi connectivity index (χ4n) is 1.68. The monoisotopic (exact) mass is 238 g/mol. The Balaban J connectivity index is 2.50. The van der Waals surface area contributed by atoms with Gasteiger partial charge in [0.15, 0.2) is 0 Å². The molecule has 0 aliphatic rings. The minimum atomic E-state index is -0.0273. The predicted molar refractivity (Wildman–Crippen MR) is 68.6 cm³/mol. The molecule has 2 N–H and O–H groups in total. The van der Waals surface area contributed by atoms with Crippen molar-refractivity contribution in [2.45, 2.75) is 6.04 Å². The highest BCUT2D eigenvalue weighted by Gasteiger charge is 2.12. The Kier molecular flexibility index (Phi) is 5.90. The Bertz CT molecular complexity index is 337. The maximum absolute atomic E-state index is 6.14. The van der Waals surface area contributed by atoms with Gasteiger partial charge in [-0.1, -0.05) is 6.08 Å². The summed E-state index contributed by atoms with van der Waals surface area (Å²) in [4.78, 5) is 2.22. The lowest BCUT2D eigenvalue weighted by atomic mass is 10.1. The van der Waals surface area contributed by atoms with E-state index in [-0.39, 0.29) is 6.04 Å². The minimum Gasteiger partial charge on any atom is -0.383 e. The smallest absolute Gasteiger partial charge is 0.0589 e. The first kappa shape index (κ1) is 13.9. The molecule has 1 unspecified atom stereocenters. The van der Waals surface area contributed by atoms with Crippen molar-refractivity contribution in [1.29, 1.82) is 0 Å². The van der Waals surface area contributed by atoms with Crippen LogP contribution in [-0.2, 0) is 11.8 Å². The summed E-state index contributed by atoms with van der Waals surface area (Å²) in [5.41, 5.74) is 7.20. The fourth-order valence-corrected chi connectivity index (χ4v) is 1.68. The van der Waals surface area contributed by atoms with E-state index in [1.807, 2.05) is 25.5 Å². The molecule has 1 aromatic heterocycles. The van der Waals surface area contributed by atoms with Gasteiger partial charge in [0, 0.05) is 51.6 Å². The van der Waals surface area contributed by atoms with E-state index >= 15 is 0 Å². The van der Waals surface area contributed by atoms with Gasteiger partial charge in [-0.15, -0.1) is 6.58 Å². The zero-order valence-corrected chi connectivity index (χ0v) is 10.7. The Morgan fingerprint density at radius 2 is 2.47 bits per heavy atom. The molecule has 1 rings (SSSR count). The predicted octanol–water partition coefficient (Wildman–Crippen LogP) is 0.554. The SMILES string of the molecule is C=CCN(CCOC)CC(N)c1cnn(C)c1. The molecule has 0 aliphatic heterocycles. The van der Waals surface area contributed by atoms with Crippen molar-refractivity contribution in [3.8, 4) is 0 Å². The third-order valence-corrected chi connectivity index (χ3v) is 2.61. The number of nitrogens with two attached hydrogens (primary N) is 1. The molecule has 0 radical (unpaired) electrons. The lowest BCUT2D eigenvalue weighted by molar-refractivity contribution is 0.151. The van der Waals surface area contributed by atoms with Crippen molar-refractivity contribution in [3.05, 3.63) is 30.6 Å². The van der Waals surface area contributed by atoms with E-state index in [0.29, 0.717) is 6.61 Å². The number of rotatable bonds is 8. The summed E-state index contributed by atoms with van der Waals surface area (Å²) in [5.74, 6) is 0. The third kappa shape index (κ3) is 4.68.